The van der Waals surface area contributed by atoms with E-state index in [4.69, 9.17) is 16.6 Å². The minimum Gasteiger partial charge on any atom is -0.467 e. The van der Waals surface area contributed by atoms with Gasteiger partial charge < -0.3 is 30.4 Å². The van der Waals surface area contributed by atoms with Gasteiger partial charge in [0.2, 0.25) is 5.91 Å². The Labute approximate surface area is 244 Å². The summed E-state index contributed by atoms with van der Waals surface area (Å²) in [5.41, 5.74) is 3.03. The summed E-state index contributed by atoms with van der Waals surface area (Å²) in [6, 6.07) is 19.6. The summed E-state index contributed by atoms with van der Waals surface area (Å²) in [6.07, 6.45) is 0.493. The predicted molar refractivity (Wildman–Crippen MR) is 161 cm³/mol. The molecule has 1 aromatic heterocycles. The molecular formula is C30H36N4O4S2. The van der Waals surface area contributed by atoms with Gasteiger partial charge in [0.05, 0.1) is 24.7 Å². The maximum Gasteiger partial charge on any atom is 0.254 e. The van der Waals surface area contributed by atoms with E-state index in [1.165, 1.54) is 16.7 Å². The molecule has 1 aliphatic heterocycles. The molecule has 3 atom stereocenters. The van der Waals surface area contributed by atoms with Crippen LogP contribution in [0.15, 0.2) is 77.4 Å². The molecule has 4 rings (SSSR count). The highest BCUT2D eigenvalue weighted by atomic mass is 32.2. The van der Waals surface area contributed by atoms with Gasteiger partial charge in [-0.05, 0) is 68.2 Å². The topological polar surface area (TPSA) is 107 Å². The van der Waals surface area contributed by atoms with Crippen LogP contribution in [0.2, 0.25) is 0 Å². The van der Waals surface area contributed by atoms with Crippen molar-refractivity contribution in [2.24, 2.45) is 0 Å². The Bertz CT molecular complexity index is 1300. The van der Waals surface area contributed by atoms with Crippen molar-refractivity contribution >= 4 is 40.9 Å². The highest BCUT2D eigenvalue weighted by Gasteiger charge is 2.49. The van der Waals surface area contributed by atoms with Gasteiger partial charge in [0, 0.05) is 11.3 Å². The number of aryl methyl sites for hydroxylation is 1. The highest BCUT2D eigenvalue weighted by molar-refractivity contribution is 8.00. The Morgan fingerprint density at radius 2 is 1.80 bits per heavy atom. The first kappa shape index (κ1) is 29.6. The molecule has 0 saturated carbocycles. The molecule has 2 aromatic carbocycles. The number of furan rings is 1. The van der Waals surface area contributed by atoms with Gasteiger partial charge in [-0.25, -0.2) is 0 Å². The molecule has 2 heterocycles. The molecule has 0 radical (unpaired) electrons. The van der Waals surface area contributed by atoms with Crippen molar-refractivity contribution in [1.29, 1.82) is 0 Å². The lowest BCUT2D eigenvalue weighted by Crippen LogP contribution is -2.59. The Balaban J connectivity index is 1.48. The standard InChI is InChI=1S/C30H36N4O4S2/c1-20-10-7-8-13-22(20)17-31-27(36)26-30(2,3)40-19-34(26)28(37)25(35)24(16-21-11-5-4-6-12-21)33-29(39)32-18-23-14-9-15-38-23/h4-15,24-26,35H,16-19H2,1-3H3,(H,31,36)(H2,32,33,39)/t24-,25-,26+/m0/s1. The maximum absolute atomic E-state index is 13.8. The van der Waals surface area contributed by atoms with Crippen LogP contribution in [0.4, 0.5) is 0 Å². The molecule has 3 aromatic rings. The van der Waals surface area contributed by atoms with Gasteiger partial charge in [-0.3, -0.25) is 9.59 Å². The minimum atomic E-state index is -1.44. The molecule has 2 amide bonds. The summed E-state index contributed by atoms with van der Waals surface area (Å²) in [6.45, 7) is 6.62. The van der Waals surface area contributed by atoms with Crippen molar-refractivity contribution < 1.29 is 19.1 Å². The second-order valence-electron chi connectivity index (χ2n) is 10.4. The van der Waals surface area contributed by atoms with Crippen LogP contribution in [-0.2, 0) is 29.1 Å². The Morgan fingerprint density at radius 1 is 1.07 bits per heavy atom. The number of benzene rings is 2. The number of amides is 2. The van der Waals surface area contributed by atoms with Gasteiger partial charge >= 0.3 is 0 Å². The summed E-state index contributed by atoms with van der Waals surface area (Å²) in [7, 11) is 0. The van der Waals surface area contributed by atoms with Gasteiger partial charge in [0.1, 0.15) is 11.8 Å². The van der Waals surface area contributed by atoms with Crippen molar-refractivity contribution in [2.45, 2.75) is 63.2 Å². The SMILES string of the molecule is Cc1ccccc1CNC(=O)[C@H]1N(C(=O)[C@@H](O)[C@H](Cc2ccccc2)NC(=S)NCc2ccco2)CSC1(C)C. The average Bonchev–Trinajstić information content (AvgIpc) is 3.58. The smallest absolute Gasteiger partial charge is 0.254 e. The molecule has 1 saturated heterocycles. The number of hydrogen-bond donors (Lipinski definition) is 4. The summed E-state index contributed by atoms with van der Waals surface area (Å²) in [4.78, 5) is 28.7. The van der Waals surface area contributed by atoms with Crippen LogP contribution in [0.5, 0.6) is 0 Å². The molecular weight excluding hydrogens is 544 g/mol. The van der Waals surface area contributed by atoms with Crippen LogP contribution in [0.1, 0.15) is 36.3 Å². The number of rotatable bonds is 10. The van der Waals surface area contributed by atoms with E-state index in [2.05, 4.69) is 16.0 Å². The van der Waals surface area contributed by atoms with Gasteiger partial charge in [-0.15, -0.1) is 11.8 Å². The zero-order chi connectivity index (χ0) is 28.7. The Hall–Kier alpha value is -3.34. The van der Waals surface area contributed by atoms with E-state index in [0.29, 0.717) is 31.1 Å². The number of hydrogen-bond acceptors (Lipinski definition) is 6. The Kier molecular flexibility index (Phi) is 9.89. The number of thiocarbonyl (C=S) groups is 1. The molecule has 1 fully saturated rings. The molecule has 0 bridgehead atoms. The first-order chi connectivity index (χ1) is 19.2. The quantitative estimate of drug-likeness (QED) is 0.270. The molecule has 4 N–H and O–H groups in total. The van der Waals surface area contributed by atoms with Crippen molar-refractivity contribution in [2.75, 3.05) is 5.88 Å². The normalized spacial score (nSPS) is 17.6. The van der Waals surface area contributed by atoms with Crippen LogP contribution in [0.3, 0.4) is 0 Å². The molecule has 40 heavy (non-hydrogen) atoms. The molecule has 8 nitrogen and oxygen atoms in total. The van der Waals surface area contributed by atoms with Gasteiger partial charge in [-0.2, -0.15) is 0 Å². The monoisotopic (exact) mass is 580 g/mol. The van der Waals surface area contributed by atoms with E-state index in [1.54, 1.807) is 12.3 Å². The molecule has 1 aliphatic rings. The zero-order valence-corrected chi connectivity index (χ0v) is 24.6. The summed E-state index contributed by atoms with van der Waals surface area (Å²) in [5, 5.41) is 20.9. The lowest BCUT2D eigenvalue weighted by Gasteiger charge is -2.33. The van der Waals surface area contributed by atoms with E-state index in [-0.39, 0.29) is 11.0 Å². The fourth-order valence-electron chi connectivity index (χ4n) is 4.75. The average molecular weight is 581 g/mol. The van der Waals surface area contributed by atoms with Crippen molar-refractivity contribution in [1.82, 2.24) is 20.9 Å². The molecule has 0 unspecified atom stereocenters. The van der Waals surface area contributed by atoms with Crippen LogP contribution < -0.4 is 16.0 Å². The number of nitrogens with one attached hydrogen (secondary N) is 3. The third-order valence-electron chi connectivity index (χ3n) is 7.04. The lowest BCUT2D eigenvalue weighted by molar-refractivity contribution is -0.147. The number of aliphatic hydroxyl groups is 1. The number of aliphatic hydroxyl groups excluding tert-OH is 1. The second-order valence-corrected chi connectivity index (χ2v) is 12.4. The number of thioether (sulfide) groups is 1. The van der Waals surface area contributed by atoms with E-state index in [9.17, 15) is 14.7 Å². The first-order valence-electron chi connectivity index (χ1n) is 13.2. The number of carbonyl (C=O) groups excluding carboxylic acids is 2. The van der Waals surface area contributed by atoms with Crippen LogP contribution in [0.25, 0.3) is 0 Å². The maximum atomic E-state index is 13.8. The number of carbonyl (C=O) groups is 2. The van der Waals surface area contributed by atoms with Crippen molar-refractivity contribution in [3.8, 4) is 0 Å². The van der Waals surface area contributed by atoms with Gasteiger partial charge in [0.15, 0.2) is 11.2 Å². The lowest BCUT2D eigenvalue weighted by atomic mass is 9.97. The van der Waals surface area contributed by atoms with Crippen LogP contribution >= 0.6 is 24.0 Å². The Morgan fingerprint density at radius 3 is 2.50 bits per heavy atom. The largest absolute Gasteiger partial charge is 0.467 e. The van der Waals surface area contributed by atoms with E-state index in [0.717, 1.165) is 16.7 Å². The molecule has 0 spiro atoms. The van der Waals surface area contributed by atoms with Crippen molar-refractivity contribution in [3.05, 3.63) is 95.4 Å². The molecule has 0 aliphatic carbocycles. The van der Waals surface area contributed by atoms with Crippen LogP contribution in [0, 0.1) is 6.92 Å². The fraction of sp³-hybridized carbons (Fsp3) is 0.367. The minimum absolute atomic E-state index is 0.248. The summed E-state index contributed by atoms with van der Waals surface area (Å²) < 4.78 is 4.81. The second kappa shape index (κ2) is 13.3. The van der Waals surface area contributed by atoms with Crippen LogP contribution in [-0.4, -0.2) is 55.7 Å². The third kappa shape index (κ3) is 7.44. The number of nitrogens with zero attached hydrogens (tertiary/aromatic N) is 1. The molecule has 10 heteroatoms. The van der Waals surface area contributed by atoms with Gasteiger partial charge in [0.25, 0.3) is 5.91 Å². The highest BCUT2D eigenvalue weighted by Crippen LogP contribution is 2.40. The van der Waals surface area contributed by atoms with E-state index < -0.39 is 28.8 Å². The van der Waals surface area contributed by atoms with E-state index >= 15 is 0 Å². The van der Waals surface area contributed by atoms with Gasteiger partial charge in [-0.1, -0.05) is 54.6 Å². The summed E-state index contributed by atoms with van der Waals surface area (Å²) >= 11 is 7.00. The summed E-state index contributed by atoms with van der Waals surface area (Å²) in [5.74, 6) is 0.236. The first-order valence-corrected chi connectivity index (χ1v) is 14.6. The zero-order valence-electron chi connectivity index (χ0n) is 22.9. The predicted octanol–water partition coefficient (Wildman–Crippen LogP) is 3.52. The van der Waals surface area contributed by atoms with Crippen molar-refractivity contribution in [3.63, 3.8) is 0 Å². The van der Waals surface area contributed by atoms with E-state index in [1.807, 2.05) is 81.4 Å². The third-order valence-corrected chi connectivity index (χ3v) is 8.68. The fourth-order valence-corrected chi connectivity index (χ4v) is 6.12. The molecule has 212 valence electrons.